The molecule has 2 rings (SSSR count). The molecule has 0 radical (unpaired) electrons. The van der Waals surface area contributed by atoms with Gasteiger partial charge in [-0.2, -0.15) is 0 Å². The number of carbonyl (C=O) groups excluding carboxylic acids is 1. The van der Waals surface area contributed by atoms with Gasteiger partial charge in [0, 0.05) is 12.2 Å². The lowest BCUT2D eigenvalue weighted by Gasteiger charge is -2.12. The molecule has 1 amide bonds. The number of sulfonamides is 1. The highest BCUT2D eigenvalue weighted by Crippen LogP contribution is 2.21. The van der Waals surface area contributed by atoms with Gasteiger partial charge in [-0.3, -0.25) is 4.90 Å². The van der Waals surface area contributed by atoms with Crippen LogP contribution in [0.3, 0.4) is 0 Å². The Morgan fingerprint density at radius 2 is 2.05 bits per heavy atom. The van der Waals surface area contributed by atoms with Crippen LogP contribution in [-0.4, -0.2) is 40.0 Å². The Balaban J connectivity index is 2.01. The Hall–Kier alpha value is -1.67. The molecule has 1 unspecified atom stereocenters. The average Bonchev–Trinajstić information content (AvgIpc) is 2.68. The van der Waals surface area contributed by atoms with Crippen molar-refractivity contribution in [3.8, 4) is 0 Å². The van der Waals surface area contributed by atoms with Gasteiger partial charge in [0.1, 0.15) is 11.9 Å². The van der Waals surface area contributed by atoms with E-state index in [0.29, 0.717) is 5.69 Å². The summed E-state index contributed by atoms with van der Waals surface area (Å²) < 4.78 is 42.0. The molecule has 6 nitrogen and oxygen atoms in total. The molecule has 0 spiro atoms. The number of nitrogens with zero attached hydrogens (tertiary/aromatic N) is 1. The normalized spacial score (nSPS) is 19.6. The molecule has 1 heterocycles. The van der Waals surface area contributed by atoms with Gasteiger partial charge in [0.05, 0.1) is 12.8 Å². The molecule has 104 valence electrons. The Morgan fingerprint density at radius 1 is 1.42 bits per heavy atom. The van der Waals surface area contributed by atoms with Gasteiger partial charge in [0.15, 0.2) is 0 Å². The Morgan fingerprint density at radius 3 is 2.63 bits per heavy atom. The zero-order valence-corrected chi connectivity index (χ0v) is 11.0. The van der Waals surface area contributed by atoms with Crippen molar-refractivity contribution in [2.75, 3.05) is 24.2 Å². The van der Waals surface area contributed by atoms with Gasteiger partial charge in [-0.05, 0) is 24.3 Å². The topological polar surface area (TPSA) is 75.7 Å². The molecule has 1 aliphatic rings. The molecule has 1 fully saturated rings. The van der Waals surface area contributed by atoms with Crippen LogP contribution >= 0.6 is 0 Å². The van der Waals surface area contributed by atoms with Crippen molar-refractivity contribution in [3.63, 3.8) is 0 Å². The van der Waals surface area contributed by atoms with E-state index in [1.807, 2.05) is 0 Å². The van der Waals surface area contributed by atoms with Crippen LogP contribution < -0.4 is 9.62 Å². The number of benzene rings is 1. The van der Waals surface area contributed by atoms with Crippen molar-refractivity contribution in [1.29, 1.82) is 0 Å². The van der Waals surface area contributed by atoms with E-state index in [4.69, 9.17) is 4.74 Å². The van der Waals surface area contributed by atoms with E-state index in [9.17, 15) is 17.6 Å². The molecule has 1 aromatic rings. The van der Waals surface area contributed by atoms with Gasteiger partial charge < -0.3 is 4.74 Å². The van der Waals surface area contributed by atoms with Gasteiger partial charge in [0.2, 0.25) is 10.0 Å². The van der Waals surface area contributed by atoms with Crippen LogP contribution in [0.4, 0.5) is 14.9 Å². The van der Waals surface area contributed by atoms with Crippen molar-refractivity contribution >= 4 is 21.8 Å². The fourth-order valence-corrected chi connectivity index (χ4v) is 2.19. The van der Waals surface area contributed by atoms with E-state index in [1.54, 1.807) is 0 Å². The fraction of sp³-hybridized carbons (Fsp3) is 0.364. The molecule has 1 atom stereocenters. The Bertz CT molecular complexity index is 573. The Kier molecular flexibility index (Phi) is 3.72. The van der Waals surface area contributed by atoms with Gasteiger partial charge in [0.25, 0.3) is 0 Å². The van der Waals surface area contributed by atoms with Crippen molar-refractivity contribution in [3.05, 3.63) is 30.1 Å². The van der Waals surface area contributed by atoms with Crippen molar-refractivity contribution in [1.82, 2.24) is 4.72 Å². The highest BCUT2D eigenvalue weighted by Gasteiger charge is 2.32. The highest BCUT2D eigenvalue weighted by atomic mass is 32.2. The molecular weight excluding hydrogens is 275 g/mol. The first kappa shape index (κ1) is 13.8. The second kappa shape index (κ2) is 5.14. The maximum absolute atomic E-state index is 12.8. The van der Waals surface area contributed by atoms with Crippen LogP contribution in [0.5, 0.6) is 0 Å². The minimum absolute atomic E-state index is 0.0161. The van der Waals surface area contributed by atoms with Gasteiger partial charge >= 0.3 is 6.09 Å². The number of hydrogen-bond donors (Lipinski definition) is 1. The fourth-order valence-electron chi connectivity index (χ4n) is 1.70. The third-order valence-electron chi connectivity index (χ3n) is 2.59. The molecule has 0 aromatic heterocycles. The van der Waals surface area contributed by atoms with Crippen LogP contribution in [0.1, 0.15) is 0 Å². The third kappa shape index (κ3) is 3.65. The van der Waals surface area contributed by atoms with Gasteiger partial charge in [-0.1, -0.05) is 0 Å². The summed E-state index contributed by atoms with van der Waals surface area (Å²) in [4.78, 5) is 13.0. The lowest BCUT2D eigenvalue weighted by molar-refractivity contribution is 0.143. The van der Waals surface area contributed by atoms with Crippen molar-refractivity contribution in [2.24, 2.45) is 0 Å². The lowest BCUT2D eigenvalue weighted by atomic mass is 10.2. The average molecular weight is 288 g/mol. The number of carbonyl (C=O) groups is 1. The summed E-state index contributed by atoms with van der Waals surface area (Å²) in [5, 5.41) is 0. The molecule has 1 aliphatic heterocycles. The first-order valence-electron chi connectivity index (χ1n) is 5.53. The first-order valence-corrected chi connectivity index (χ1v) is 7.42. The maximum atomic E-state index is 12.8. The number of ether oxygens (including phenoxy) is 1. The second-order valence-electron chi connectivity index (χ2n) is 4.21. The van der Waals surface area contributed by atoms with Gasteiger partial charge in [-0.25, -0.2) is 22.3 Å². The van der Waals surface area contributed by atoms with Crippen LogP contribution in [0, 0.1) is 5.82 Å². The predicted molar refractivity (Wildman–Crippen MR) is 66.9 cm³/mol. The number of cyclic esters (lactones) is 1. The van der Waals surface area contributed by atoms with E-state index in [1.165, 1.54) is 29.2 Å². The molecular formula is C11H13FN2O4S. The van der Waals surface area contributed by atoms with Crippen LogP contribution in [0.25, 0.3) is 0 Å². The maximum Gasteiger partial charge on any atom is 0.414 e. The molecule has 1 aromatic carbocycles. The summed E-state index contributed by atoms with van der Waals surface area (Å²) in [5.74, 6) is -0.397. The molecule has 1 saturated heterocycles. The monoisotopic (exact) mass is 288 g/mol. The lowest BCUT2D eigenvalue weighted by Crippen LogP contribution is -2.33. The van der Waals surface area contributed by atoms with Crippen molar-refractivity contribution in [2.45, 2.75) is 6.10 Å². The predicted octanol–water partition coefficient (Wildman–Crippen LogP) is 0.700. The summed E-state index contributed by atoms with van der Waals surface area (Å²) in [5.41, 5.74) is 0.508. The zero-order valence-electron chi connectivity index (χ0n) is 10.2. The van der Waals surface area contributed by atoms with E-state index < -0.39 is 28.0 Å². The molecule has 0 saturated carbocycles. The number of rotatable bonds is 4. The second-order valence-corrected chi connectivity index (χ2v) is 6.05. The number of anilines is 1. The standard InChI is InChI=1S/C11H13FN2O4S/c1-19(16,17)13-6-10-7-14(11(15)18-10)9-4-2-8(12)3-5-9/h2-5,10,13H,6-7H2,1H3. The summed E-state index contributed by atoms with van der Waals surface area (Å²) in [6.07, 6.45) is -0.110. The Labute approximate surface area is 110 Å². The number of hydrogen-bond acceptors (Lipinski definition) is 4. The number of nitrogens with one attached hydrogen (secondary N) is 1. The smallest absolute Gasteiger partial charge is 0.414 e. The van der Waals surface area contributed by atoms with Crippen LogP contribution in [0.15, 0.2) is 24.3 Å². The molecule has 0 bridgehead atoms. The van der Waals surface area contributed by atoms with Crippen LogP contribution in [-0.2, 0) is 14.8 Å². The minimum atomic E-state index is -3.33. The quantitative estimate of drug-likeness (QED) is 0.885. The summed E-state index contributed by atoms with van der Waals surface area (Å²) in [7, 11) is -3.33. The summed E-state index contributed by atoms with van der Waals surface area (Å²) in [6.45, 7) is 0.231. The van der Waals surface area contributed by atoms with E-state index in [2.05, 4.69) is 4.72 Å². The summed E-state index contributed by atoms with van der Waals surface area (Å²) >= 11 is 0. The first-order chi connectivity index (χ1) is 8.85. The van der Waals surface area contributed by atoms with E-state index in [-0.39, 0.29) is 13.1 Å². The SMILES string of the molecule is CS(=O)(=O)NCC1CN(c2ccc(F)cc2)C(=O)O1. The summed E-state index contributed by atoms with van der Waals surface area (Å²) in [6, 6.07) is 5.40. The van der Waals surface area contributed by atoms with E-state index in [0.717, 1.165) is 6.26 Å². The third-order valence-corrected chi connectivity index (χ3v) is 3.28. The zero-order chi connectivity index (χ0) is 14.0. The number of amides is 1. The molecule has 0 aliphatic carbocycles. The molecule has 1 N–H and O–H groups in total. The molecule has 19 heavy (non-hydrogen) atoms. The highest BCUT2D eigenvalue weighted by molar-refractivity contribution is 7.88. The van der Waals surface area contributed by atoms with Crippen molar-refractivity contribution < 1.29 is 22.3 Å². The minimum Gasteiger partial charge on any atom is -0.443 e. The number of halogens is 1. The molecule has 8 heteroatoms. The van der Waals surface area contributed by atoms with Crippen LogP contribution in [0.2, 0.25) is 0 Å². The van der Waals surface area contributed by atoms with Gasteiger partial charge in [-0.15, -0.1) is 0 Å². The largest absolute Gasteiger partial charge is 0.443 e. The van der Waals surface area contributed by atoms with E-state index >= 15 is 0 Å².